The Morgan fingerprint density at radius 3 is 1.95 bits per heavy atom. The van der Waals surface area contributed by atoms with Crippen LogP contribution in [-0.4, -0.2) is 14.1 Å². The molecule has 0 amide bonds. The molecule has 5 aromatic carbocycles. The minimum Gasteiger partial charge on any atom is -0.309 e. The van der Waals surface area contributed by atoms with E-state index in [9.17, 15) is 0 Å². The number of hydrogen-bond donors (Lipinski definition) is 0. The zero-order valence-electron chi connectivity index (χ0n) is 23.0. The smallest absolute Gasteiger partial charge is 0.137 e. The molecular formula is C38H27N3. The summed E-state index contributed by atoms with van der Waals surface area (Å²) < 4.78 is 4.89. The molecule has 0 saturated heterocycles. The number of fused-ring (bicyclic) bond motifs is 12. The number of aromatic nitrogens is 3. The van der Waals surface area contributed by atoms with Gasteiger partial charge in [-0.25, -0.2) is 4.98 Å². The predicted molar refractivity (Wildman–Crippen MR) is 170 cm³/mol. The molecule has 0 saturated carbocycles. The fraction of sp³-hybridized carbons (Fsp3) is 0.0789. The first kappa shape index (κ1) is 22.6. The maximum Gasteiger partial charge on any atom is 0.137 e. The van der Waals surface area contributed by atoms with Crippen LogP contribution in [0.1, 0.15) is 25.0 Å². The molecule has 0 unspecified atom stereocenters. The summed E-state index contributed by atoms with van der Waals surface area (Å²) in [4.78, 5) is 4.90. The molecule has 0 spiro atoms. The molecule has 0 bridgehead atoms. The average molecular weight is 526 g/mol. The van der Waals surface area contributed by atoms with Crippen molar-refractivity contribution in [2.24, 2.45) is 0 Å². The Balaban J connectivity index is 1.68. The molecule has 8 aromatic rings. The number of rotatable bonds is 2. The van der Waals surface area contributed by atoms with Gasteiger partial charge in [-0.3, -0.25) is 4.57 Å². The summed E-state index contributed by atoms with van der Waals surface area (Å²) in [5, 5.41) is 5.10. The maximum atomic E-state index is 4.90. The van der Waals surface area contributed by atoms with E-state index in [2.05, 4.69) is 138 Å². The van der Waals surface area contributed by atoms with Crippen molar-refractivity contribution in [2.45, 2.75) is 19.3 Å². The maximum absolute atomic E-state index is 4.90. The summed E-state index contributed by atoms with van der Waals surface area (Å²) in [7, 11) is 0. The van der Waals surface area contributed by atoms with Crippen molar-refractivity contribution in [1.29, 1.82) is 0 Å². The Bertz CT molecular complexity index is 2320. The van der Waals surface area contributed by atoms with Crippen LogP contribution in [-0.2, 0) is 5.41 Å². The molecule has 3 heteroatoms. The molecular weight excluding hydrogens is 498 g/mol. The normalized spacial score (nSPS) is 13.8. The van der Waals surface area contributed by atoms with Gasteiger partial charge >= 0.3 is 0 Å². The number of nitrogens with zero attached hydrogens (tertiary/aromatic N) is 3. The molecule has 1 aliphatic carbocycles. The van der Waals surface area contributed by atoms with E-state index >= 15 is 0 Å². The molecule has 0 N–H and O–H groups in total. The molecule has 0 atom stereocenters. The Morgan fingerprint density at radius 2 is 1.20 bits per heavy atom. The second-order valence-corrected chi connectivity index (χ2v) is 11.6. The molecule has 3 heterocycles. The average Bonchev–Trinajstić information content (AvgIpc) is 3.62. The molecule has 41 heavy (non-hydrogen) atoms. The van der Waals surface area contributed by atoms with Crippen LogP contribution in [0.15, 0.2) is 128 Å². The van der Waals surface area contributed by atoms with Crippen LogP contribution in [0.25, 0.3) is 66.2 Å². The van der Waals surface area contributed by atoms with Crippen LogP contribution in [0.2, 0.25) is 0 Å². The van der Waals surface area contributed by atoms with Crippen molar-refractivity contribution in [2.75, 3.05) is 0 Å². The lowest BCUT2D eigenvalue weighted by molar-refractivity contribution is 0.664. The fourth-order valence-corrected chi connectivity index (χ4v) is 7.52. The first-order valence-electron chi connectivity index (χ1n) is 14.3. The van der Waals surface area contributed by atoms with Crippen molar-refractivity contribution in [3.8, 4) is 22.6 Å². The van der Waals surface area contributed by atoms with Crippen molar-refractivity contribution in [3.05, 3.63) is 139 Å². The van der Waals surface area contributed by atoms with Gasteiger partial charge in [-0.2, -0.15) is 0 Å². The van der Waals surface area contributed by atoms with Gasteiger partial charge in [-0.15, -0.1) is 0 Å². The third kappa shape index (κ3) is 2.80. The topological polar surface area (TPSA) is 22.8 Å². The Hall–Kier alpha value is -5.15. The highest BCUT2D eigenvalue weighted by Gasteiger charge is 2.41. The van der Waals surface area contributed by atoms with Gasteiger partial charge in [0.1, 0.15) is 5.82 Å². The monoisotopic (exact) mass is 525 g/mol. The van der Waals surface area contributed by atoms with E-state index in [1.165, 1.54) is 71.6 Å². The zero-order valence-corrected chi connectivity index (χ0v) is 23.0. The first-order chi connectivity index (χ1) is 20.2. The van der Waals surface area contributed by atoms with Crippen LogP contribution in [0.4, 0.5) is 0 Å². The van der Waals surface area contributed by atoms with E-state index in [0.29, 0.717) is 0 Å². The SMILES string of the molecule is CC1(C)c2ccccc2-c2c1c1c(c3ccccc3n1-c1ccccc1)c1c2c2ccccc2n1-c1ccccn1. The van der Waals surface area contributed by atoms with E-state index in [0.717, 1.165) is 5.82 Å². The Kier molecular flexibility index (Phi) is 4.39. The second kappa shape index (κ2) is 7.96. The van der Waals surface area contributed by atoms with Crippen LogP contribution in [0, 0.1) is 0 Å². The fourth-order valence-electron chi connectivity index (χ4n) is 7.52. The van der Waals surface area contributed by atoms with Gasteiger partial charge < -0.3 is 4.57 Å². The molecule has 0 aliphatic heterocycles. The molecule has 1 aliphatic rings. The van der Waals surface area contributed by atoms with E-state index in [1.807, 2.05) is 12.3 Å². The molecule has 0 fully saturated rings. The van der Waals surface area contributed by atoms with E-state index in [-0.39, 0.29) is 5.41 Å². The van der Waals surface area contributed by atoms with Crippen molar-refractivity contribution in [3.63, 3.8) is 0 Å². The molecule has 3 nitrogen and oxygen atoms in total. The number of pyridine rings is 1. The highest BCUT2D eigenvalue weighted by atomic mass is 15.1. The lowest BCUT2D eigenvalue weighted by atomic mass is 9.81. The van der Waals surface area contributed by atoms with Gasteiger partial charge in [0, 0.05) is 38.8 Å². The third-order valence-electron chi connectivity index (χ3n) is 9.11. The molecule has 9 rings (SSSR count). The van der Waals surface area contributed by atoms with E-state index in [1.54, 1.807) is 0 Å². The van der Waals surface area contributed by atoms with Gasteiger partial charge in [-0.05, 0) is 58.7 Å². The van der Waals surface area contributed by atoms with Crippen molar-refractivity contribution >= 4 is 43.6 Å². The number of hydrogen-bond acceptors (Lipinski definition) is 1. The van der Waals surface area contributed by atoms with E-state index < -0.39 is 0 Å². The molecule has 0 radical (unpaired) electrons. The minimum absolute atomic E-state index is 0.187. The van der Waals surface area contributed by atoms with Crippen LogP contribution in [0.5, 0.6) is 0 Å². The van der Waals surface area contributed by atoms with Gasteiger partial charge in [0.05, 0.1) is 22.1 Å². The standard InChI is InChI=1S/C38H27N3/c1-38(2)28-19-9-6-16-25(28)32-33-26-17-7-11-21-30(26)41(31-22-12-13-23-39-31)36(33)34-27-18-8-10-20-29(27)40(37(34)35(32)38)24-14-4-3-5-15-24/h3-23H,1-2H3. The van der Waals surface area contributed by atoms with Gasteiger partial charge in [-0.1, -0.05) is 98.8 Å². The molecule has 3 aromatic heterocycles. The zero-order chi connectivity index (χ0) is 27.3. The highest BCUT2D eigenvalue weighted by molar-refractivity contribution is 6.32. The summed E-state index contributed by atoms with van der Waals surface area (Å²) >= 11 is 0. The summed E-state index contributed by atoms with van der Waals surface area (Å²) in [5.74, 6) is 0.932. The van der Waals surface area contributed by atoms with Crippen LogP contribution < -0.4 is 0 Å². The van der Waals surface area contributed by atoms with Crippen LogP contribution in [0.3, 0.4) is 0 Å². The number of benzene rings is 5. The third-order valence-corrected chi connectivity index (χ3v) is 9.11. The highest BCUT2D eigenvalue weighted by Crippen LogP contribution is 2.58. The van der Waals surface area contributed by atoms with Gasteiger partial charge in [0.25, 0.3) is 0 Å². The summed E-state index contributed by atoms with van der Waals surface area (Å²) in [6.07, 6.45) is 1.90. The summed E-state index contributed by atoms with van der Waals surface area (Å²) in [6, 6.07) is 43.8. The number of para-hydroxylation sites is 3. The van der Waals surface area contributed by atoms with E-state index in [4.69, 9.17) is 4.98 Å². The van der Waals surface area contributed by atoms with Crippen LogP contribution >= 0.6 is 0 Å². The van der Waals surface area contributed by atoms with Gasteiger partial charge in [0.15, 0.2) is 0 Å². The van der Waals surface area contributed by atoms with Crippen molar-refractivity contribution < 1.29 is 0 Å². The first-order valence-corrected chi connectivity index (χ1v) is 14.3. The summed E-state index contributed by atoms with van der Waals surface area (Å²) in [5.41, 5.74) is 11.3. The lowest BCUT2D eigenvalue weighted by Gasteiger charge is -2.24. The Morgan fingerprint density at radius 1 is 0.561 bits per heavy atom. The minimum atomic E-state index is -0.187. The Labute approximate surface area is 237 Å². The predicted octanol–water partition coefficient (Wildman–Crippen LogP) is 9.58. The lowest BCUT2D eigenvalue weighted by Crippen LogP contribution is -2.16. The second-order valence-electron chi connectivity index (χ2n) is 11.6. The van der Waals surface area contributed by atoms with Crippen molar-refractivity contribution in [1.82, 2.24) is 14.1 Å². The van der Waals surface area contributed by atoms with Gasteiger partial charge in [0.2, 0.25) is 0 Å². The quantitative estimate of drug-likeness (QED) is 0.220. The molecule has 194 valence electrons. The largest absolute Gasteiger partial charge is 0.309 e. The summed E-state index contributed by atoms with van der Waals surface area (Å²) in [6.45, 7) is 4.79.